The van der Waals surface area contributed by atoms with E-state index >= 15 is 0 Å². The molecule has 0 bridgehead atoms. The summed E-state index contributed by atoms with van der Waals surface area (Å²) in [6.07, 6.45) is 1.88. The molecule has 0 aliphatic heterocycles. The Morgan fingerprint density at radius 2 is 2.18 bits per heavy atom. The van der Waals surface area contributed by atoms with E-state index in [1.807, 2.05) is 19.3 Å². The van der Waals surface area contributed by atoms with Gasteiger partial charge in [-0.15, -0.1) is 0 Å². The molecule has 5 heteroatoms. The van der Waals surface area contributed by atoms with Gasteiger partial charge in [-0.2, -0.15) is 5.10 Å². The summed E-state index contributed by atoms with van der Waals surface area (Å²) in [5, 5.41) is 7.83. The molecule has 0 fully saturated rings. The first-order valence-corrected chi connectivity index (χ1v) is 5.65. The van der Waals surface area contributed by atoms with Gasteiger partial charge < -0.3 is 5.32 Å². The Morgan fingerprint density at radius 3 is 2.82 bits per heavy atom. The maximum Gasteiger partial charge on any atom is 0.125 e. The average Bonchev–Trinajstić information content (AvgIpc) is 2.63. The zero-order valence-electron chi connectivity index (χ0n) is 9.45. The van der Waals surface area contributed by atoms with E-state index < -0.39 is 0 Å². The lowest BCUT2D eigenvalue weighted by molar-refractivity contribution is 0.617. The second-order valence-electron chi connectivity index (χ2n) is 3.86. The number of nitrogens with one attached hydrogen (secondary N) is 1. The lowest BCUT2D eigenvalue weighted by atomic mass is 10.2. The van der Waals surface area contributed by atoms with Crippen LogP contribution < -0.4 is 5.32 Å². The average molecular weight is 254 g/mol. The number of rotatable bonds is 4. The van der Waals surface area contributed by atoms with Crippen LogP contribution >= 0.6 is 11.6 Å². The Bertz CT molecular complexity index is 490. The van der Waals surface area contributed by atoms with Crippen LogP contribution in [-0.2, 0) is 20.1 Å². The molecule has 2 aromatic rings. The van der Waals surface area contributed by atoms with Crippen LogP contribution in [0.1, 0.15) is 11.3 Å². The lowest BCUT2D eigenvalue weighted by Gasteiger charge is -2.04. The van der Waals surface area contributed by atoms with Crippen LogP contribution in [0.5, 0.6) is 0 Å². The number of benzene rings is 1. The van der Waals surface area contributed by atoms with Gasteiger partial charge in [0.15, 0.2) is 0 Å². The third kappa shape index (κ3) is 3.54. The summed E-state index contributed by atoms with van der Waals surface area (Å²) in [6.45, 7) is 1.21. The highest BCUT2D eigenvalue weighted by Crippen LogP contribution is 2.13. The first-order chi connectivity index (χ1) is 8.13. The van der Waals surface area contributed by atoms with E-state index in [1.54, 1.807) is 10.7 Å². The number of nitrogens with zero attached hydrogens (tertiary/aromatic N) is 2. The topological polar surface area (TPSA) is 29.9 Å². The molecule has 0 aliphatic carbocycles. The minimum atomic E-state index is -0.313. The molecule has 1 aromatic heterocycles. The van der Waals surface area contributed by atoms with Crippen LogP contribution in [0.2, 0.25) is 5.02 Å². The minimum absolute atomic E-state index is 0.313. The van der Waals surface area contributed by atoms with Crippen LogP contribution in [0.4, 0.5) is 4.39 Å². The van der Waals surface area contributed by atoms with Crippen molar-refractivity contribution in [3.63, 3.8) is 0 Å². The predicted octanol–water partition coefficient (Wildman–Crippen LogP) is 2.50. The summed E-state index contributed by atoms with van der Waals surface area (Å²) < 4.78 is 14.8. The van der Waals surface area contributed by atoms with Gasteiger partial charge in [-0.25, -0.2) is 4.39 Å². The van der Waals surface area contributed by atoms with Crippen molar-refractivity contribution in [1.82, 2.24) is 15.1 Å². The normalized spacial score (nSPS) is 10.8. The van der Waals surface area contributed by atoms with Crippen molar-refractivity contribution in [1.29, 1.82) is 0 Å². The van der Waals surface area contributed by atoms with Gasteiger partial charge in [0.05, 0.1) is 5.69 Å². The fourth-order valence-electron chi connectivity index (χ4n) is 1.61. The Labute approximate surface area is 104 Å². The molecular weight excluding hydrogens is 241 g/mol. The SMILES string of the molecule is Cn1ccc(CNCc2cc(F)cc(Cl)c2)n1. The number of aryl methyl sites for hydroxylation is 1. The van der Waals surface area contributed by atoms with Crippen molar-refractivity contribution in [2.75, 3.05) is 0 Å². The Hall–Kier alpha value is -1.39. The second-order valence-corrected chi connectivity index (χ2v) is 4.30. The van der Waals surface area contributed by atoms with Gasteiger partial charge >= 0.3 is 0 Å². The molecule has 0 radical (unpaired) electrons. The molecule has 0 amide bonds. The van der Waals surface area contributed by atoms with E-state index in [1.165, 1.54) is 12.1 Å². The van der Waals surface area contributed by atoms with Crippen LogP contribution in [0, 0.1) is 5.82 Å². The summed E-state index contributed by atoms with van der Waals surface area (Å²) >= 11 is 5.77. The summed E-state index contributed by atoms with van der Waals surface area (Å²) in [4.78, 5) is 0. The van der Waals surface area contributed by atoms with Crippen molar-refractivity contribution >= 4 is 11.6 Å². The number of hydrogen-bond acceptors (Lipinski definition) is 2. The summed E-state index contributed by atoms with van der Waals surface area (Å²) in [6, 6.07) is 6.45. The molecule has 0 saturated carbocycles. The van der Waals surface area contributed by atoms with E-state index in [0.29, 0.717) is 18.1 Å². The second kappa shape index (κ2) is 5.29. The standard InChI is InChI=1S/C12H13ClFN3/c1-17-3-2-12(16-17)8-15-7-9-4-10(13)6-11(14)5-9/h2-6,15H,7-8H2,1H3. The van der Waals surface area contributed by atoms with Crippen molar-refractivity contribution in [3.05, 3.63) is 52.6 Å². The number of aromatic nitrogens is 2. The molecule has 3 nitrogen and oxygen atoms in total. The highest BCUT2D eigenvalue weighted by molar-refractivity contribution is 6.30. The van der Waals surface area contributed by atoms with Crippen LogP contribution in [0.15, 0.2) is 30.5 Å². The van der Waals surface area contributed by atoms with Crippen molar-refractivity contribution in [3.8, 4) is 0 Å². The third-order valence-corrected chi connectivity index (χ3v) is 2.54. The lowest BCUT2D eigenvalue weighted by Crippen LogP contribution is -2.13. The summed E-state index contributed by atoms with van der Waals surface area (Å²) in [7, 11) is 1.87. The Balaban J connectivity index is 1.89. The van der Waals surface area contributed by atoms with Crippen LogP contribution in [0.25, 0.3) is 0 Å². The van der Waals surface area contributed by atoms with E-state index in [4.69, 9.17) is 11.6 Å². The van der Waals surface area contributed by atoms with Gasteiger partial charge in [-0.1, -0.05) is 11.6 Å². The molecule has 17 heavy (non-hydrogen) atoms. The van der Waals surface area contributed by atoms with Gasteiger partial charge in [0.25, 0.3) is 0 Å². The molecule has 0 unspecified atom stereocenters. The maximum absolute atomic E-state index is 13.1. The smallest absolute Gasteiger partial charge is 0.125 e. The molecule has 0 atom stereocenters. The van der Waals surface area contributed by atoms with Crippen LogP contribution in [-0.4, -0.2) is 9.78 Å². The molecule has 90 valence electrons. The molecule has 0 aliphatic rings. The van der Waals surface area contributed by atoms with Gasteiger partial charge in [-0.3, -0.25) is 4.68 Å². The highest BCUT2D eigenvalue weighted by Gasteiger charge is 2.00. The summed E-state index contributed by atoms with van der Waals surface area (Å²) in [5.41, 5.74) is 1.78. The van der Waals surface area contributed by atoms with E-state index in [0.717, 1.165) is 11.3 Å². The van der Waals surface area contributed by atoms with E-state index in [9.17, 15) is 4.39 Å². The third-order valence-electron chi connectivity index (χ3n) is 2.33. The van der Waals surface area contributed by atoms with Gasteiger partial charge in [0.1, 0.15) is 5.82 Å². The summed E-state index contributed by atoms with van der Waals surface area (Å²) in [5.74, 6) is -0.313. The van der Waals surface area contributed by atoms with E-state index in [-0.39, 0.29) is 5.82 Å². The molecule has 0 saturated heterocycles. The van der Waals surface area contributed by atoms with Crippen molar-refractivity contribution < 1.29 is 4.39 Å². The quantitative estimate of drug-likeness (QED) is 0.907. The fraction of sp³-hybridized carbons (Fsp3) is 0.250. The molecule has 2 rings (SSSR count). The van der Waals surface area contributed by atoms with Gasteiger partial charge in [-0.05, 0) is 29.8 Å². The monoisotopic (exact) mass is 253 g/mol. The Kier molecular flexibility index (Phi) is 3.76. The largest absolute Gasteiger partial charge is 0.307 e. The molecule has 1 aromatic carbocycles. The molecule has 0 spiro atoms. The fourth-order valence-corrected chi connectivity index (χ4v) is 1.85. The van der Waals surface area contributed by atoms with Crippen molar-refractivity contribution in [2.45, 2.75) is 13.1 Å². The zero-order chi connectivity index (χ0) is 12.3. The maximum atomic E-state index is 13.1. The number of hydrogen-bond donors (Lipinski definition) is 1. The minimum Gasteiger partial charge on any atom is -0.307 e. The van der Waals surface area contributed by atoms with Crippen molar-refractivity contribution in [2.24, 2.45) is 7.05 Å². The van der Waals surface area contributed by atoms with Gasteiger partial charge in [0.2, 0.25) is 0 Å². The molecule has 1 heterocycles. The predicted molar refractivity (Wildman–Crippen MR) is 65.2 cm³/mol. The molecule has 1 N–H and O–H groups in total. The number of halogens is 2. The highest BCUT2D eigenvalue weighted by atomic mass is 35.5. The Morgan fingerprint density at radius 1 is 1.35 bits per heavy atom. The van der Waals surface area contributed by atoms with E-state index in [2.05, 4.69) is 10.4 Å². The van der Waals surface area contributed by atoms with Crippen LogP contribution in [0.3, 0.4) is 0 Å². The first kappa shape index (κ1) is 12.1. The first-order valence-electron chi connectivity index (χ1n) is 5.28. The van der Waals surface area contributed by atoms with Gasteiger partial charge in [0, 0.05) is 31.4 Å². The molecular formula is C12H13ClFN3. The zero-order valence-corrected chi connectivity index (χ0v) is 10.2.